The van der Waals surface area contributed by atoms with E-state index in [4.69, 9.17) is 0 Å². The second kappa shape index (κ2) is 12.1. The molecule has 0 unspecified atom stereocenters. The number of fused-ring (bicyclic) bond motifs is 1. The molecule has 1 heterocycles. The van der Waals surface area contributed by atoms with Gasteiger partial charge in [0.25, 0.3) is 5.91 Å². The van der Waals surface area contributed by atoms with Gasteiger partial charge in [0.15, 0.2) is 0 Å². The first-order valence-electron chi connectivity index (χ1n) is 13.4. The number of hydrogen-bond donors (Lipinski definition) is 2. The number of hydrogen-bond acceptors (Lipinski definition) is 8. The summed E-state index contributed by atoms with van der Waals surface area (Å²) in [6, 6.07) is 29.6. The lowest BCUT2D eigenvalue weighted by molar-refractivity contribution is 0.0982. The number of rotatable bonds is 8. The predicted molar refractivity (Wildman–Crippen MR) is 173 cm³/mol. The molecule has 1 aliphatic carbocycles. The van der Waals surface area contributed by atoms with E-state index in [1.54, 1.807) is 66.7 Å². The molecule has 6 rings (SSSR count). The highest BCUT2D eigenvalue weighted by Gasteiger charge is 2.33. The number of carbonyl (C=O) groups is 3. The van der Waals surface area contributed by atoms with Crippen molar-refractivity contribution >= 4 is 61.8 Å². The van der Waals surface area contributed by atoms with Gasteiger partial charge in [-0.25, -0.2) is 8.42 Å². The molecule has 7 nitrogen and oxygen atoms in total. The summed E-state index contributed by atoms with van der Waals surface area (Å²) >= 11 is 2.69. The van der Waals surface area contributed by atoms with Crippen molar-refractivity contribution in [3.63, 3.8) is 0 Å². The number of benzene rings is 4. The molecular formula is C34H24N2O5S3. The smallest absolute Gasteiger partial charge is 0.255 e. The first kappa shape index (κ1) is 29.3. The molecule has 0 radical (unpaired) electrons. The number of amides is 1. The first-order valence-corrected chi connectivity index (χ1v) is 16.6. The van der Waals surface area contributed by atoms with E-state index >= 15 is 0 Å². The van der Waals surface area contributed by atoms with E-state index in [9.17, 15) is 22.8 Å². The molecule has 10 heteroatoms. The number of sulfone groups is 1. The number of aryl methyl sites for hydroxylation is 1. The minimum Gasteiger partial charge on any atom is -0.351 e. The lowest BCUT2D eigenvalue weighted by Crippen LogP contribution is -2.25. The first-order chi connectivity index (χ1) is 21.2. The zero-order valence-electron chi connectivity index (χ0n) is 23.2. The van der Waals surface area contributed by atoms with E-state index < -0.39 is 9.84 Å². The highest BCUT2D eigenvalue weighted by atomic mass is 32.2. The minimum absolute atomic E-state index is 0.0538. The number of thioether (sulfide) groups is 1. The lowest BCUT2D eigenvalue weighted by Gasteiger charge is -2.21. The molecule has 0 saturated heterocycles. The molecular weight excluding hydrogens is 613 g/mol. The van der Waals surface area contributed by atoms with Gasteiger partial charge >= 0.3 is 0 Å². The number of ketones is 2. The summed E-state index contributed by atoms with van der Waals surface area (Å²) in [4.78, 5) is 39.9. The van der Waals surface area contributed by atoms with Crippen LogP contribution in [0.3, 0.4) is 0 Å². The molecule has 0 spiro atoms. The Hall–Kier alpha value is -4.77. The molecule has 0 aliphatic heterocycles. The van der Waals surface area contributed by atoms with Gasteiger partial charge in [-0.1, -0.05) is 59.8 Å². The van der Waals surface area contributed by atoms with Gasteiger partial charge in [0.05, 0.1) is 18.9 Å². The van der Waals surface area contributed by atoms with Gasteiger partial charge in [-0.05, 0) is 79.0 Å². The van der Waals surface area contributed by atoms with Crippen molar-refractivity contribution in [2.45, 2.75) is 20.9 Å². The number of anilines is 2. The number of carbonyl (C=O) groups excluding carboxylic acids is 3. The molecule has 5 aromatic rings. The van der Waals surface area contributed by atoms with E-state index in [0.29, 0.717) is 28.1 Å². The largest absolute Gasteiger partial charge is 0.351 e. The van der Waals surface area contributed by atoms with E-state index in [2.05, 4.69) is 10.6 Å². The average Bonchev–Trinajstić information content (AvgIpc) is 3.55. The number of Topliss-reactive ketones (excluding diaryl/α,β-unsaturated/α-hetero) is 2. The van der Waals surface area contributed by atoms with Crippen LogP contribution in [0.15, 0.2) is 139 Å². The van der Waals surface area contributed by atoms with Crippen LogP contribution in [0.25, 0.3) is 0 Å². The Morgan fingerprint density at radius 2 is 1.36 bits per heavy atom. The maximum absolute atomic E-state index is 13.5. The number of thiophene rings is 1. The highest BCUT2D eigenvalue weighted by Crippen LogP contribution is 2.39. The van der Waals surface area contributed by atoms with Gasteiger partial charge in [-0.3, -0.25) is 14.4 Å². The Morgan fingerprint density at radius 1 is 0.727 bits per heavy atom. The summed E-state index contributed by atoms with van der Waals surface area (Å²) < 4.78 is 27.6. The molecule has 44 heavy (non-hydrogen) atoms. The van der Waals surface area contributed by atoms with Crippen molar-refractivity contribution in [3.8, 4) is 0 Å². The molecule has 1 aromatic heterocycles. The topological polar surface area (TPSA) is 109 Å². The third-order valence-electron chi connectivity index (χ3n) is 6.91. The SMILES string of the molecule is Cc1cccc(C(=O)Nc2ccc(S(=O)(=O)c3ccc(NC4=C(Sc5cccs5)C(=O)c5ccccc5C4=O)cc3)cc2)c1. The van der Waals surface area contributed by atoms with Crippen LogP contribution in [0, 0.1) is 6.92 Å². The maximum atomic E-state index is 13.5. The molecule has 218 valence electrons. The molecule has 1 amide bonds. The summed E-state index contributed by atoms with van der Waals surface area (Å²) in [5, 5.41) is 7.76. The summed E-state index contributed by atoms with van der Waals surface area (Å²) in [7, 11) is -3.87. The fourth-order valence-electron chi connectivity index (χ4n) is 4.69. The van der Waals surface area contributed by atoms with Gasteiger partial charge in [0.2, 0.25) is 21.4 Å². The predicted octanol–water partition coefficient (Wildman–Crippen LogP) is 7.64. The third kappa shape index (κ3) is 5.87. The molecule has 0 saturated carbocycles. The average molecular weight is 637 g/mol. The van der Waals surface area contributed by atoms with Crippen LogP contribution in [-0.2, 0) is 9.84 Å². The van der Waals surface area contributed by atoms with Crippen molar-refractivity contribution < 1.29 is 22.8 Å². The standard InChI is InChI=1S/C34H24N2O5S3/c1-21-6-4-7-22(20-21)34(39)36-24-13-17-26(18-14-24)44(40,41)25-15-11-23(12-16-25)35-30-31(37)27-8-2-3-9-28(27)32(38)33(30)43-29-10-5-19-42-29/h2-20,35H,1H3,(H,36,39). The van der Waals surface area contributed by atoms with Gasteiger partial charge in [-0.15, -0.1) is 11.3 Å². The Labute approximate surface area is 262 Å². The molecule has 0 bridgehead atoms. The summed E-state index contributed by atoms with van der Waals surface area (Å²) in [6.07, 6.45) is 0. The van der Waals surface area contributed by atoms with Crippen LogP contribution in [0.5, 0.6) is 0 Å². The maximum Gasteiger partial charge on any atom is 0.255 e. The van der Waals surface area contributed by atoms with Gasteiger partial charge in [0.1, 0.15) is 5.70 Å². The zero-order chi connectivity index (χ0) is 30.8. The molecule has 0 fully saturated rings. The van der Waals surface area contributed by atoms with Crippen LogP contribution in [0.1, 0.15) is 36.6 Å². The third-order valence-corrected chi connectivity index (χ3v) is 10.8. The Bertz CT molecular complexity index is 2050. The molecule has 0 atom stereocenters. The summed E-state index contributed by atoms with van der Waals surface area (Å²) in [6.45, 7) is 1.90. The van der Waals surface area contributed by atoms with Crippen molar-refractivity contribution in [3.05, 3.63) is 147 Å². The summed E-state index contributed by atoms with van der Waals surface area (Å²) in [5.74, 6) is -0.856. The Kier molecular flexibility index (Phi) is 8.05. The lowest BCUT2D eigenvalue weighted by atomic mass is 9.92. The van der Waals surface area contributed by atoms with Gasteiger partial charge in [-0.2, -0.15) is 0 Å². The van der Waals surface area contributed by atoms with Crippen LogP contribution < -0.4 is 10.6 Å². The summed E-state index contributed by atoms with van der Waals surface area (Å²) in [5.41, 5.74) is 3.19. The van der Waals surface area contributed by atoms with Crippen LogP contribution in [0.2, 0.25) is 0 Å². The van der Waals surface area contributed by atoms with Crippen molar-refractivity contribution in [1.29, 1.82) is 0 Å². The van der Waals surface area contributed by atoms with Crippen molar-refractivity contribution in [2.75, 3.05) is 10.6 Å². The quantitative estimate of drug-likeness (QED) is 0.180. The van der Waals surface area contributed by atoms with Crippen LogP contribution in [-0.4, -0.2) is 25.9 Å². The monoisotopic (exact) mass is 636 g/mol. The zero-order valence-corrected chi connectivity index (χ0v) is 25.7. The highest BCUT2D eigenvalue weighted by molar-refractivity contribution is 8.05. The molecule has 2 N–H and O–H groups in total. The van der Waals surface area contributed by atoms with E-state index in [1.807, 2.05) is 30.5 Å². The van der Waals surface area contributed by atoms with Crippen LogP contribution >= 0.6 is 23.1 Å². The van der Waals surface area contributed by atoms with E-state index in [0.717, 1.165) is 9.77 Å². The van der Waals surface area contributed by atoms with E-state index in [-0.39, 0.29) is 37.9 Å². The second-order valence-corrected chi connectivity index (χ2v) is 14.2. The normalized spacial score (nSPS) is 13.0. The minimum atomic E-state index is -3.87. The van der Waals surface area contributed by atoms with Gasteiger partial charge < -0.3 is 10.6 Å². The Balaban J connectivity index is 1.22. The number of nitrogens with one attached hydrogen (secondary N) is 2. The van der Waals surface area contributed by atoms with E-state index in [1.165, 1.54) is 47.4 Å². The fraction of sp³-hybridized carbons (Fsp3) is 0.0294. The van der Waals surface area contributed by atoms with Crippen molar-refractivity contribution in [1.82, 2.24) is 0 Å². The second-order valence-electron chi connectivity index (χ2n) is 9.94. The molecule has 4 aromatic carbocycles. The number of allylic oxidation sites excluding steroid dienone is 2. The van der Waals surface area contributed by atoms with Crippen molar-refractivity contribution in [2.24, 2.45) is 0 Å². The fourth-order valence-corrected chi connectivity index (χ4v) is 7.81. The molecule has 1 aliphatic rings. The Morgan fingerprint density at radius 3 is 1.98 bits per heavy atom. The van der Waals surface area contributed by atoms with Gasteiger partial charge in [0, 0.05) is 28.1 Å². The van der Waals surface area contributed by atoms with Crippen LogP contribution in [0.4, 0.5) is 11.4 Å².